The molecule has 3 N–H and O–H groups in total. The molecular weight excluding hydrogens is 562 g/mol. The van der Waals surface area contributed by atoms with Crippen LogP contribution in [0.1, 0.15) is 36.3 Å². The number of H-pyrrole nitrogens is 1. The van der Waals surface area contributed by atoms with Gasteiger partial charge in [0.05, 0.1) is 26.9 Å². The minimum absolute atomic E-state index is 0.0271. The zero-order chi connectivity index (χ0) is 30.7. The van der Waals surface area contributed by atoms with E-state index in [1.807, 2.05) is 85.8 Å². The fourth-order valence-electron chi connectivity index (χ4n) is 5.81. The Hall–Kier alpha value is -4.71. The summed E-state index contributed by atoms with van der Waals surface area (Å²) < 4.78 is 25.6. The lowest BCUT2D eigenvalue weighted by atomic mass is 9.80. The second-order valence-corrected chi connectivity index (χ2v) is 10.5. The van der Waals surface area contributed by atoms with E-state index in [9.17, 15) is 9.90 Å². The predicted molar refractivity (Wildman–Crippen MR) is 165 cm³/mol. The molecule has 0 bridgehead atoms. The first kappa shape index (κ1) is 29.4. The summed E-state index contributed by atoms with van der Waals surface area (Å²) in [6.45, 7) is 2.60. The number of ether oxygens (including phenoxy) is 4. The van der Waals surface area contributed by atoms with Crippen molar-refractivity contribution in [3.8, 4) is 11.5 Å². The molecule has 0 aliphatic carbocycles. The minimum Gasteiger partial charge on any atom is -0.497 e. The largest absolute Gasteiger partial charge is 0.497 e. The number of fused-ring (bicyclic) bond motifs is 1. The molecule has 228 valence electrons. The van der Waals surface area contributed by atoms with Gasteiger partial charge in [0, 0.05) is 13.0 Å². The third-order valence-electron chi connectivity index (χ3n) is 7.98. The summed E-state index contributed by atoms with van der Waals surface area (Å²) in [7, 11) is 3.25. The second-order valence-electron chi connectivity index (χ2n) is 10.5. The molecule has 0 radical (unpaired) electrons. The topological polar surface area (TPSA) is 133 Å². The van der Waals surface area contributed by atoms with Gasteiger partial charge in [-0.1, -0.05) is 54.6 Å². The van der Waals surface area contributed by atoms with Crippen LogP contribution in [0.5, 0.6) is 11.5 Å². The number of aliphatic hydroxyl groups excluding tert-OH is 1. The maximum absolute atomic E-state index is 13.1. The molecule has 44 heavy (non-hydrogen) atoms. The molecular formula is C33H35N5O6. The van der Waals surface area contributed by atoms with Crippen LogP contribution in [0.3, 0.4) is 0 Å². The molecule has 0 saturated carbocycles. The first-order valence-electron chi connectivity index (χ1n) is 14.5. The second kappa shape index (κ2) is 12.5. The maximum Gasteiger partial charge on any atom is 0.329 e. The van der Waals surface area contributed by atoms with Crippen molar-refractivity contribution < 1.29 is 24.1 Å². The molecule has 1 saturated heterocycles. The Morgan fingerprint density at radius 3 is 2.16 bits per heavy atom. The predicted octanol–water partition coefficient (Wildman–Crippen LogP) is 4.23. The number of hydrogen-bond acceptors (Lipinski definition) is 9. The average Bonchev–Trinajstić information content (AvgIpc) is 3.60. The van der Waals surface area contributed by atoms with Gasteiger partial charge < -0.3 is 34.4 Å². The summed E-state index contributed by atoms with van der Waals surface area (Å²) in [6.07, 6.45) is -0.797. The number of nitrogens with zero attached hydrogens (tertiary/aromatic N) is 3. The summed E-state index contributed by atoms with van der Waals surface area (Å²) >= 11 is 0. The molecule has 2 aromatic heterocycles. The van der Waals surface area contributed by atoms with Crippen molar-refractivity contribution in [1.82, 2.24) is 19.5 Å². The van der Waals surface area contributed by atoms with Crippen LogP contribution in [0.15, 0.2) is 90.0 Å². The summed E-state index contributed by atoms with van der Waals surface area (Å²) in [6, 6.07) is 25.4. The zero-order valence-electron chi connectivity index (χ0n) is 24.8. The highest BCUT2D eigenvalue weighted by Gasteiger charge is 2.42. The standard InChI is InChI=1S/C33H35N5O6/c1-4-34-30-29-31(36-20-35-30)38(32(40)37-29)28-18-26(39)27(44-28)19-43-33(21-8-6-5-7-9-21,22-10-14-24(41-2)15-11-22)23-12-16-25(42-3)17-13-23/h5-17,20,26-28,39H,4,18-19H2,1-3H3,(H,37,40)(H,34,35,36)/t26-,27+,28+/m0/s1. The quantitative estimate of drug-likeness (QED) is 0.191. The van der Waals surface area contributed by atoms with Gasteiger partial charge in [0.2, 0.25) is 0 Å². The Bertz CT molecular complexity index is 1710. The Morgan fingerprint density at radius 2 is 1.57 bits per heavy atom. The Balaban J connectivity index is 1.37. The van der Waals surface area contributed by atoms with Crippen molar-refractivity contribution in [3.63, 3.8) is 0 Å². The molecule has 5 aromatic rings. The molecule has 0 unspecified atom stereocenters. The van der Waals surface area contributed by atoms with Gasteiger partial charge in [0.1, 0.15) is 41.3 Å². The zero-order valence-corrected chi connectivity index (χ0v) is 24.8. The van der Waals surface area contributed by atoms with Gasteiger partial charge in [-0.05, 0) is 47.9 Å². The lowest BCUT2D eigenvalue weighted by Gasteiger charge is -2.37. The van der Waals surface area contributed by atoms with Gasteiger partial charge in [-0.25, -0.2) is 19.3 Å². The fraction of sp³-hybridized carbons (Fsp3) is 0.303. The van der Waals surface area contributed by atoms with Gasteiger partial charge in [0.15, 0.2) is 11.5 Å². The highest BCUT2D eigenvalue weighted by molar-refractivity contribution is 5.82. The highest BCUT2D eigenvalue weighted by Crippen LogP contribution is 2.43. The first-order valence-corrected chi connectivity index (χ1v) is 14.5. The monoisotopic (exact) mass is 597 g/mol. The highest BCUT2D eigenvalue weighted by atomic mass is 16.6. The summed E-state index contributed by atoms with van der Waals surface area (Å²) in [4.78, 5) is 24.5. The lowest BCUT2D eigenvalue weighted by molar-refractivity contribution is -0.0935. The number of aromatic nitrogens is 4. The molecule has 11 heteroatoms. The van der Waals surface area contributed by atoms with E-state index >= 15 is 0 Å². The third kappa shape index (κ3) is 5.30. The van der Waals surface area contributed by atoms with Crippen LogP contribution >= 0.6 is 0 Å². The minimum atomic E-state index is -1.08. The molecule has 1 fully saturated rings. The fourth-order valence-corrected chi connectivity index (χ4v) is 5.81. The number of methoxy groups -OCH3 is 2. The smallest absolute Gasteiger partial charge is 0.329 e. The Morgan fingerprint density at radius 1 is 0.955 bits per heavy atom. The SMILES string of the molecule is CCNc1ncnc2c1[nH]c(=O)n2[C@H]1C[C@H](O)[C@@H](COC(c2ccccc2)(c2ccc(OC)cc2)c2ccc(OC)cc2)O1. The average molecular weight is 598 g/mol. The Kier molecular flexibility index (Phi) is 8.34. The van der Waals surface area contributed by atoms with E-state index in [0.717, 1.165) is 16.7 Å². The number of anilines is 1. The van der Waals surface area contributed by atoms with Crippen molar-refractivity contribution in [1.29, 1.82) is 0 Å². The van der Waals surface area contributed by atoms with E-state index in [1.54, 1.807) is 14.2 Å². The van der Waals surface area contributed by atoms with Crippen LogP contribution in [0.2, 0.25) is 0 Å². The normalized spacial score (nSPS) is 18.4. The molecule has 1 aliphatic heterocycles. The first-order chi connectivity index (χ1) is 21.5. The van der Waals surface area contributed by atoms with Gasteiger partial charge >= 0.3 is 5.69 Å². The lowest BCUT2D eigenvalue weighted by Crippen LogP contribution is -2.38. The molecule has 3 heterocycles. The summed E-state index contributed by atoms with van der Waals surface area (Å²) in [5, 5.41) is 14.3. The number of hydrogen-bond donors (Lipinski definition) is 3. The number of aliphatic hydroxyl groups is 1. The maximum atomic E-state index is 13.1. The van der Waals surface area contributed by atoms with Crippen LogP contribution in [-0.4, -0.2) is 64.2 Å². The summed E-state index contributed by atoms with van der Waals surface area (Å²) in [5.41, 5.74) is 2.02. The summed E-state index contributed by atoms with van der Waals surface area (Å²) in [5.74, 6) is 1.96. The van der Waals surface area contributed by atoms with E-state index in [-0.39, 0.29) is 13.0 Å². The van der Waals surface area contributed by atoms with Crippen molar-refractivity contribution in [2.24, 2.45) is 0 Å². The molecule has 3 atom stereocenters. The van der Waals surface area contributed by atoms with E-state index in [1.165, 1.54) is 10.9 Å². The van der Waals surface area contributed by atoms with Crippen molar-refractivity contribution in [2.75, 3.05) is 32.7 Å². The van der Waals surface area contributed by atoms with Crippen LogP contribution < -0.4 is 20.5 Å². The van der Waals surface area contributed by atoms with E-state index < -0.39 is 29.7 Å². The molecule has 0 amide bonds. The van der Waals surface area contributed by atoms with Gasteiger partial charge in [0.25, 0.3) is 0 Å². The van der Waals surface area contributed by atoms with Gasteiger partial charge in [-0.15, -0.1) is 0 Å². The molecule has 11 nitrogen and oxygen atoms in total. The molecule has 6 rings (SSSR count). The molecule has 0 spiro atoms. The number of rotatable bonds is 11. The van der Waals surface area contributed by atoms with Crippen LogP contribution in [0.4, 0.5) is 5.82 Å². The number of aromatic amines is 1. The number of nitrogens with one attached hydrogen (secondary N) is 2. The van der Waals surface area contributed by atoms with E-state index in [2.05, 4.69) is 20.3 Å². The van der Waals surface area contributed by atoms with Gasteiger partial charge in [-0.2, -0.15) is 0 Å². The van der Waals surface area contributed by atoms with Crippen LogP contribution in [-0.2, 0) is 15.1 Å². The number of imidazole rings is 1. The number of benzene rings is 3. The van der Waals surface area contributed by atoms with Gasteiger partial charge in [-0.3, -0.25) is 0 Å². The van der Waals surface area contributed by atoms with E-state index in [4.69, 9.17) is 18.9 Å². The van der Waals surface area contributed by atoms with Crippen molar-refractivity contribution in [3.05, 3.63) is 112 Å². The Labute approximate surface area is 254 Å². The van der Waals surface area contributed by atoms with E-state index in [0.29, 0.717) is 35.0 Å². The molecule has 3 aromatic carbocycles. The van der Waals surface area contributed by atoms with Crippen molar-refractivity contribution in [2.45, 2.75) is 37.4 Å². The third-order valence-corrected chi connectivity index (χ3v) is 7.98. The molecule has 1 aliphatic rings. The van der Waals surface area contributed by atoms with Crippen LogP contribution in [0.25, 0.3) is 11.2 Å². The van der Waals surface area contributed by atoms with Crippen LogP contribution in [0, 0.1) is 0 Å². The van der Waals surface area contributed by atoms with Crippen molar-refractivity contribution >= 4 is 17.0 Å².